The highest BCUT2D eigenvalue weighted by Gasteiger charge is 2.29. The Morgan fingerprint density at radius 2 is 2.11 bits per heavy atom. The minimum absolute atomic E-state index is 0.134. The molecule has 2 heterocycles. The number of anilines is 1. The number of aliphatic hydroxyl groups excluding tert-OH is 1. The molecule has 1 saturated heterocycles. The van der Waals surface area contributed by atoms with Crippen molar-refractivity contribution in [3.8, 4) is 11.8 Å². The Morgan fingerprint density at radius 3 is 2.89 bits per heavy atom. The zero-order valence-electron chi connectivity index (χ0n) is 15.7. The van der Waals surface area contributed by atoms with Gasteiger partial charge in [0.15, 0.2) is 0 Å². The summed E-state index contributed by atoms with van der Waals surface area (Å²) in [4.78, 5) is 8.96. The quantitative estimate of drug-likeness (QED) is 0.811. The van der Waals surface area contributed by atoms with E-state index in [1.807, 2.05) is 25.1 Å². The van der Waals surface area contributed by atoms with Gasteiger partial charge in [-0.1, -0.05) is 18.2 Å². The minimum Gasteiger partial charge on any atom is -0.494 e. The Labute approximate surface area is 160 Å². The first kappa shape index (κ1) is 19.2. The fourth-order valence-corrected chi connectivity index (χ4v) is 3.60. The van der Waals surface area contributed by atoms with E-state index in [0.717, 1.165) is 43.3 Å². The van der Waals surface area contributed by atoms with Crippen molar-refractivity contribution < 1.29 is 9.84 Å². The van der Waals surface area contributed by atoms with Crippen LogP contribution >= 0.6 is 0 Å². The number of pyridine rings is 1. The van der Waals surface area contributed by atoms with Gasteiger partial charge in [0.05, 0.1) is 12.2 Å². The van der Waals surface area contributed by atoms with Crippen LogP contribution in [0.15, 0.2) is 42.6 Å². The Kier molecular flexibility index (Phi) is 6.64. The molecule has 1 N–H and O–H groups in total. The van der Waals surface area contributed by atoms with Crippen LogP contribution in [0.3, 0.4) is 0 Å². The Hall–Kier alpha value is -2.62. The van der Waals surface area contributed by atoms with Gasteiger partial charge in [-0.05, 0) is 31.5 Å². The van der Waals surface area contributed by atoms with E-state index in [1.54, 1.807) is 18.3 Å². The molecule has 1 atom stereocenters. The van der Waals surface area contributed by atoms with Gasteiger partial charge >= 0.3 is 0 Å². The first-order valence-electron chi connectivity index (χ1n) is 9.42. The molecule has 0 bridgehead atoms. The number of ether oxygens (including phenoxy) is 1. The van der Waals surface area contributed by atoms with Crippen molar-refractivity contribution in [2.24, 2.45) is 0 Å². The van der Waals surface area contributed by atoms with Gasteiger partial charge in [0.2, 0.25) is 0 Å². The van der Waals surface area contributed by atoms with E-state index in [1.165, 1.54) is 0 Å². The molecule has 0 radical (unpaired) electrons. The lowest BCUT2D eigenvalue weighted by Gasteiger charge is -2.42. The molecule has 1 aliphatic heterocycles. The maximum atomic E-state index is 9.56. The number of aliphatic hydroxyl groups is 1. The van der Waals surface area contributed by atoms with E-state index in [2.05, 4.69) is 26.9 Å². The maximum absolute atomic E-state index is 9.56. The zero-order valence-corrected chi connectivity index (χ0v) is 15.7. The third kappa shape index (κ3) is 4.57. The lowest BCUT2D eigenvalue weighted by Crippen LogP contribution is -2.53. The average Bonchev–Trinajstić information content (AvgIpc) is 2.71. The van der Waals surface area contributed by atoms with E-state index in [0.29, 0.717) is 18.6 Å². The van der Waals surface area contributed by atoms with Crippen molar-refractivity contribution in [1.82, 2.24) is 9.88 Å². The van der Waals surface area contributed by atoms with Gasteiger partial charge in [-0.25, -0.2) is 4.98 Å². The highest BCUT2D eigenvalue weighted by Crippen LogP contribution is 2.26. The summed E-state index contributed by atoms with van der Waals surface area (Å²) in [7, 11) is 0. The molecule has 0 amide bonds. The normalized spacial score (nSPS) is 17.5. The summed E-state index contributed by atoms with van der Waals surface area (Å²) in [5, 5.41) is 18.9. The van der Waals surface area contributed by atoms with E-state index in [-0.39, 0.29) is 12.6 Å². The predicted molar refractivity (Wildman–Crippen MR) is 105 cm³/mol. The van der Waals surface area contributed by atoms with Crippen LogP contribution in [0.25, 0.3) is 0 Å². The molecule has 6 nitrogen and oxygen atoms in total. The molecule has 0 saturated carbocycles. The van der Waals surface area contributed by atoms with Crippen LogP contribution in [0.5, 0.6) is 5.75 Å². The maximum Gasteiger partial charge on any atom is 0.146 e. The van der Waals surface area contributed by atoms with E-state index in [9.17, 15) is 10.4 Å². The van der Waals surface area contributed by atoms with Crippen LogP contribution in [0.2, 0.25) is 0 Å². The molecule has 1 aromatic heterocycles. The summed E-state index contributed by atoms with van der Waals surface area (Å²) in [5.74, 6) is 1.65. The molecular formula is C21H26N4O2. The molecule has 2 aromatic rings. The summed E-state index contributed by atoms with van der Waals surface area (Å²) in [6.45, 7) is 5.92. The van der Waals surface area contributed by atoms with E-state index >= 15 is 0 Å². The molecule has 6 heteroatoms. The average molecular weight is 366 g/mol. The van der Waals surface area contributed by atoms with Crippen molar-refractivity contribution in [2.45, 2.75) is 25.9 Å². The fraction of sp³-hybridized carbons (Fsp3) is 0.429. The van der Waals surface area contributed by atoms with Crippen LogP contribution in [-0.4, -0.2) is 53.9 Å². The molecule has 1 fully saturated rings. The second-order valence-electron chi connectivity index (χ2n) is 6.61. The number of aromatic nitrogens is 1. The third-order valence-electron chi connectivity index (χ3n) is 4.92. The third-order valence-corrected chi connectivity index (χ3v) is 4.92. The summed E-state index contributed by atoms with van der Waals surface area (Å²) in [6, 6.07) is 14.1. The van der Waals surface area contributed by atoms with Gasteiger partial charge in [-0.2, -0.15) is 5.26 Å². The first-order valence-corrected chi connectivity index (χ1v) is 9.42. The van der Waals surface area contributed by atoms with Crippen molar-refractivity contribution in [3.63, 3.8) is 0 Å². The molecule has 1 aromatic carbocycles. The first-order chi connectivity index (χ1) is 13.3. The summed E-state index contributed by atoms with van der Waals surface area (Å²) in [6.07, 6.45) is 2.41. The summed E-state index contributed by atoms with van der Waals surface area (Å²) in [5.41, 5.74) is 1.75. The van der Waals surface area contributed by atoms with Gasteiger partial charge in [0.1, 0.15) is 17.6 Å². The second-order valence-corrected chi connectivity index (χ2v) is 6.61. The standard InChI is InChI=1S/C21H26N4O2/c1-2-27-20-8-4-3-6-18(20)15-24-11-12-25(16-19(24)9-13-26)21-17(14-22)7-5-10-23-21/h3-8,10,19,26H,2,9,11-13,15-16H2,1H3/t19-/m0/s1. The number of para-hydroxylation sites is 1. The topological polar surface area (TPSA) is 72.6 Å². The number of nitrogens with zero attached hydrogens (tertiary/aromatic N) is 4. The number of hydrogen-bond donors (Lipinski definition) is 1. The number of rotatable bonds is 7. The SMILES string of the molecule is CCOc1ccccc1CN1CCN(c2ncccc2C#N)C[C@@H]1CCO. The number of nitriles is 1. The van der Waals surface area contributed by atoms with Crippen molar-refractivity contribution >= 4 is 5.82 Å². The highest BCUT2D eigenvalue weighted by molar-refractivity contribution is 5.54. The Balaban J connectivity index is 1.76. The Bertz CT molecular complexity index is 790. The molecule has 0 spiro atoms. The van der Waals surface area contributed by atoms with Crippen LogP contribution in [0.4, 0.5) is 5.82 Å². The van der Waals surface area contributed by atoms with Crippen LogP contribution in [-0.2, 0) is 6.54 Å². The molecule has 0 unspecified atom stereocenters. The van der Waals surface area contributed by atoms with Crippen LogP contribution < -0.4 is 9.64 Å². The molecular weight excluding hydrogens is 340 g/mol. The van der Waals surface area contributed by atoms with Gasteiger partial charge in [-0.15, -0.1) is 0 Å². The number of benzene rings is 1. The van der Waals surface area contributed by atoms with E-state index in [4.69, 9.17) is 4.74 Å². The van der Waals surface area contributed by atoms with Crippen LogP contribution in [0.1, 0.15) is 24.5 Å². The summed E-state index contributed by atoms with van der Waals surface area (Å²) < 4.78 is 5.76. The lowest BCUT2D eigenvalue weighted by atomic mass is 10.1. The zero-order chi connectivity index (χ0) is 19.1. The van der Waals surface area contributed by atoms with Crippen molar-refractivity contribution in [1.29, 1.82) is 5.26 Å². The minimum atomic E-state index is 0.134. The lowest BCUT2D eigenvalue weighted by molar-refractivity contribution is 0.134. The van der Waals surface area contributed by atoms with Gasteiger partial charge in [0.25, 0.3) is 0 Å². The number of hydrogen-bond acceptors (Lipinski definition) is 6. The molecule has 0 aliphatic carbocycles. The monoisotopic (exact) mass is 366 g/mol. The highest BCUT2D eigenvalue weighted by atomic mass is 16.5. The summed E-state index contributed by atoms with van der Waals surface area (Å²) >= 11 is 0. The predicted octanol–water partition coefficient (Wildman–Crippen LogP) is 2.43. The Morgan fingerprint density at radius 1 is 1.26 bits per heavy atom. The van der Waals surface area contributed by atoms with Gasteiger partial charge in [0, 0.05) is 50.6 Å². The number of piperazine rings is 1. The second kappa shape index (κ2) is 9.36. The van der Waals surface area contributed by atoms with Crippen LogP contribution in [0, 0.1) is 11.3 Å². The van der Waals surface area contributed by atoms with Crippen molar-refractivity contribution in [2.75, 3.05) is 37.7 Å². The van der Waals surface area contributed by atoms with E-state index < -0.39 is 0 Å². The smallest absolute Gasteiger partial charge is 0.146 e. The van der Waals surface area contributed by atoms with Crippen molar-refractivity contribution in [3.05, 3.63) is 53.7 Å². The van der Waals surface area contributed by atoms with Gasteiger partial charge in [-0.3, -0.25) is 4.90 Å². The molecule has 3 rings (SSSR count). The molecule has 142 valence electrons. The largest absolute Gasteiger partial charge is 0.494 e. The van der Waals surface area contributed by atoms with Gasteiger partial charge < -0.3 is 14.7 Å². The fourth-order valence-electron chi connectivity index (χ4n) is 3.60. The molecule has 1 aliphatic rings. The molecule has 27 heavy (non-hydrogen) atoms.